The SMILES string of the molecule is CC1CC(N2C3CCC2CC(N)C3)CC(C)(C)C1. The zero-order chi connectivity index (χ0) is 12.9. The molecule has 2 nitrogen and oxygen atoms in total. The van der Waals surface area contributed by atoms with Gasteiger partial charge in [0, 0.05) is 24.2 Å². The highest BCUT2D eigenvalue weighted by Crippen LogP contribution is 2.45. The van der Waals surface area contributed by atoms with E-state index in [4.69, 9.17) is 5.73 Å². The lowest BCUT2D eigenvalue weighted by Gasteiger charge is -2.49. The molecule has 18 heavy (non-hydrogen) atoms. The monoisotopic (exact) mass is 250 g/mol. The quantitative estimate of drug-likeness (QED) is 0.774. The summed E-state index contributed by atoms with van der Waals surface area (Å²) in [7, 11) is 0. The second kappa shape index (κ2) is 4.49. The lowest BCUT2D eigenvalue weighted by molar-refractivity contribution is 0.0114. The van der Waals surface area contributed by atoms with Crippen LogP contribution in [-0.2, 0) is 0 Å². The summed E-state index contributed by atoms with van der Waals surface area (Å²) in [4.78, 5) is 2.90. The van der Waals surface area contributed by atoms with E-state index >= 15 is 0 Å². The molecule has 3 rings (SSSR count). The molecule has 4 atom stereocenters. The van der Waals surface area contributed by atoms with Crippen LogP contribution in [0.1, 0.15) is 65.7 Å². The first-order valence-electron chi connectivity index (χ1n) is 7.97. The Balaban J connectivity index is 1.75. The first-order chi connectivity index (χ1) is 8.44. The van der Waals surface area contributed by atoms with E-state index in [1.807, 2.05) is 0 Å². The molecular weight excluding hydrogens is 220 g/mol. The van der Waals surface area contributed by atoms with E-state index in [9.17, 15) is 0 Å². The van der Waals surface area contributed by atoms with Gasteiger partial charge in [0.1, 0.15) is 0 Å². The normalized spacial score (nSPS) is 48.3. The number of rotatable bonds is 1. The van der Waals surface area contributed by atoms with Gasteiger partial charge in [0.05, 0.1) is 0 Å². The van der Waals surface area contributed by atoms with E-state index in [1.54, 1.807) is 0 Å². The summed E-state index contributed by atoms with van der Waals surface area (Å²) in [6.07, 6.45) is 9.55. The van der Waals surface area contributed by atoms with Gasteiger partial charge in [-0.1, -0.05) is 20.8 Å². The molecule has 0 aromatic carbocycles. The molecule has 4 unspecified atom stereocenters. The molecule has 1 aliphatic carbocycles. The van der Waals surface area contributed by atoms with Crippen molar-refractivity contribution in [3.05, 3.63) is 0 Å². The van der Waals surface area contributed by atoms with Crippen LogP contribution < -0.4 is 5.73 Å². The Hall–Kier alpha value is -0.0800. The van der Waals surface area contributed by atoms with Gasteiger partial charge in [-0.25, -0.2) is 0 Å². The lowest BCUT2D eigenvalue weighted by atomic mass is 9.69. The van der Waals surface area contributed by atoms with Crippen LogP contribution in [0, 0.1) is 11.3 Å². The maximum Gasteiger partial charge on any atom is 0.0116 e. The Morgan fingerprint density at radius 1 is 0.944 bits per heavy atom. The van der Waals surface area contributed by atoms with Gasteiger partial charge in [-0.2, -0.15) is 0 Å². The highest BCUT2D eigenvalue weighted by Gasteiger charge is 2.45. The van der Waals surface area contributed by atoms with Crippen molar-refractivity contribution in [1.29, 1.82) is 0 Å². The molecule has 3 fully saturated rings. The molecule has 2 saturated heterocycles. The Bertz CT molecular complexity index is 298. The zero-order valence-corrected chi connectivity index (χ0v) is 12.4. The Labute approximate surface area is 112 Å². The predicted octanol–water partition coefficient (Wildman–Crippen LogP) is 3.16. The molecule has 1 saturated carbocycles. The number of nitrogens with two attached hydrogens (primary N) is 1. The number of piperidine rings is 1. The van der Waals surface area contributed by atoms with Crippen molar-refractivity contribution in [2.75, 3.05) is 0 Å². The second-order valence-corrected chi connectivity index (χ2v) is 8.13. The predicted molar refractivity (Wildman–Crippen MR) is 76.4 cm³/mol. The summed E-state index contributed by atoms with van der Waals surface area (Å²) in [5.41, 5.74) is 6.74. The van der Waals surface area contributed by atoms with Gasteiger partial charge >= 0.3 is 0 Å². The van der Waals surface area contributed by atoms with E-state index in [0.29, 0.717) is 11.5 Å². The van der Waals surface area contributed by atoms with Gasteiger partial charge in [0.2, 0.25) is 0 Å². The minimum Gasteiger partial charge on any atom is -0.328 e. The summed E-state index contributed by atoms with van der Waals surface area (Å²) >= 11 is 0. The topological polar surface area (TPSA) is 29.3 Å². The Morgan fingerprint density at radius 3 is 2.11 bits per heavy atom. The molecule has 0 radical (unpaired) electrons. The van der Waals surface area contributed by atoms with E-state index in [0.717, 1.165) is 24.0 Å². The molecule has 2 heteroatoms. The van der Waals surface area contributed by atoms with Crippen LogP contribution in [0.15, 0.2) is 0 Å². The first-order valence-corrected chi connectivity index (χ1v) is 7.97. The molecule has 0 aromatic rings. The molecule has 2 aliphatic heterocycles. The number of hydrogen-bond acceptors (Lipinski definition) is 2. The first kappa shape index (κ1) is 12.9. The van der Waals surface area contributed by atoms with Crippen LogP contribution in [0.5, 0.6) is 0 Å². The van der Waals surface area contributed by atoms with Crippen LogP contribution in [0.2, 0.25) is 0 Å². The summed E-state index contributed by atoms with van der Waals surface area (Å²) in [6, 6.07) is 2.94. The fraction of sp³-hybridized carbons (Fsp3) is 1.00. The molecule has 0 amide bonds. The van der Waals surface area contributed by atoms with Crippen LogP contribution in [0.25, 0.3) is 0 Å². The summed E-state index contributed by atoms with van der Waals surface area (Å²) < 4.78 is 0. The van der Waals surface area contributed by atoms with Crippen molar-refractivity contribution in [2.24, 2.45) is 17.1 Å². The van der Waals surface area contributed by atoms with E-state index in [2.05, 4.69) is 25.7 Å². The highest BCUT2D eigenvalue weighted by molar-refractivity contribution is 5.01. The fourth-order valence-corrected chi connectivity index (χ4v) is 5.37. The van der Waals surface area contributed by atoms with Crippen LogP contribution >= 0.6 is 0 Å². The second-order valence-electron chi connectivity index (χ2n) is 8.13. The van der Waals surface area contributed by atoms with Crippen LogP contribution in [0.4, 0.5) is 0 Å². The molecule has 3 aliphatic rings. The van der Waals surface area contributed by atoms with Gasteiger partial charge in [0.25, 0.3) is 0 Å². The third-order valence-electron chi connectivity index (χ3n) is 5.61. The zero-order valence-electron chi connectivity index (χ0n) is 12.4. The molecule has 104 valence electrons. The van der Waals surface area contributed by atoms with Crippen molar-refractivity contribution < 1.29 is 0 Å². The fourth-order valence-electron chi connectivity index (χ4n) is 5.37. The Kier molecular flexibility index (Phi) is 3.22. The summed E-state index contributed by atoms with van der Waals surface area (Å²) in [5, 5.41) is 0. The third-order valence-corrected chi connectivity index (χ3v) is 5.61. The average Bonchev–Trinajstić information content (AvgIpc) is 2.48. The molecular formula is C16H30N2. The smallest absolute Gasteiger partial charge is 0.0116 e. The third kappa shape index (κ3) is 2.34. The molecule has 2 heterocycles. The van der Waals surface area contributed by atoms with Gasteiger partial charge in [-0.05, 0) is 56.3 Å². The summed E-state index contributed by atoms with van der Waals surface area (Å²) in [6.45, 7) is 7.38. The largest absolute Gasteiger partial charge is 0.328 e. The molecule has 2 bridgehead atoms. The van der Waals surface area contributed by atoms with E-state index in [-0.39, 0.29) is 0 Å². The van der Waals surface area contributed by atoms with Crippen LogP contribution in [0.3, 0.4) is 0 Å². The number of nitrogens with zero attached hydrogens (tertiary/aromatic N) is 1. The van der Waals surface area contributed by atoms with Crippen molar-refractivity contribution in [3.8, 4) is 0 Å². The van der Waals surface area contributed by atoms with Gasteiger partial charge < -0.3 is 5.73 Å². The van der Waals surface area contributed by atoms with Gasteiger partial charge in [-0.3, -0.25) is 4.90 Å². The van der Waals surface area contributed by atoms with Crippen molar-refractivity contribution in [2.45, 2.75) is 89.9 Å². The van der Waals surface area contributed by atoms with E-state index in [1.165, 1.54) is 44.9 Å². The highest BCUT2D eigenvalue weighted by atomic mass is 15.3. The molecule has 2 N–H and O–H groups in total. The minimum atomic E-state index is 0.479. The standard InChI is InChI=1S/C16H30N2/c1-11-6-15(10-16(2,3)9-11)18-13-4-5-14(18)8-12(17)7-13/h11-15H,4-10,17H2,1-3H3. The average molecular weight is 250 g/mol. The van der Waals surface area contributed by atoms with Gasteiger partial charge in [0.15, 0.2) is 0 Å². The molecule has 0 spiro atoms. The minimum absolute atomic E-state index is 0.479. The van der Waals surface area contributed by atoms with Crippen LogP contribution in [-0.4, -0.2) is 29.1 Å². The maximum absolute atomic E-state index is 6.20. The number of hydrogen-bond donors (Lipinski definition) is 1. The Morgan fingerprint density at radius 2 is 1.56 bits per heavy atom. The maximum atomic E-state index is 6.20. The van der Waals surface area contributed by atoms with Crippen molar-refractivity contribution in [3.63, 3.8) is 0 Å². The van der Waals surface area contributed by atoms with Crippen molar-refractivity contribution in [1.82, 2.24) is 4.90 Å². The van der Waals surface area contributed by atoms with Gasteiger partial charge in [-0.15, -0.1) is 0 Å². The summed E-state index contributed by atoms with van der Waals surface area (Å²) in [5.74, 6) is 0.897. The lowest BCUT2D eigenvalue weighted by Crippen LogP contribution is -2.54. The number of fused-ring (bicyclic) bond motifs is 2. The molecule has 0 aromatic heterocycles. The van der Waals surface area contributed by atoms with Crippen molar-refractivity contribution >= 4 is 0 Å². The van der Waals surface area contributed by atoms with E-state index < -0.39 is 0 Å².